The first kappa shape index (κ1) is 19.9. The molecule has 0 aliphatic heterocycles. The molecule has 106 valence electrons. The van der Waals surface area contributed by atoms with Gasteiger partial charge < -0.3 is 9.59 Å². The summed E-state index contributed by atoms with van der Waals surface area (Å²) in [5.41, 5.74) is 0. The Morgan fingerprint density at radius 1 is 1.17 bits per heavy atom. The molecule has 0 saturated carbocycles. The van der Waals surface area contributed by atoms with Crippen molar-refractivity contribution in [3.05, 3.63) is 0 Å². The van der Waals surface area contributed by atoms with Crippen LogP contribution in [0.3, 0.4) is 0 Å². The number of Topliss-reactive ketones (excluding diaryl/α,β-unsaturated/α-hetero) is 1. The van der Waals surface area contributed by atoms with Gasteiger partial charge in [0.2, 0.25) is 5.12 Å². The van der Waals surface area contributed by atoms with E-state index in [-0.39, 0.29) is 31.0 Å². The molecule has 0 amide bonds. The van der Waals surface area contributed by atoms with Crippen LogP contribution in [0.4, 0.5) is 0 Å². The van der Waals surface area contributed by atoms with Crippen LogP contribution in [0.5, 0.6) is 0 Å². The van der Waals surface area contributed by atoms with Crippen molar-refractivity contribution in [2.45, 2.75) is 25.9 Å². The van der Waals surface area contributed by atoms with Crippen molar-refractivity contribution in [2.24, 2.45) is 0 Å². The predicted octanol–water partition coefficient (Wildman–Crippen LogP) is 0.631. The lowest BCUT2D eigenvalue weighted by Crippen LogP contribution is -2.41. The predicted molar refractivity (Wildman–Crippen MR) is 73.7 cm³/mol. The zero-order valence-electron chi connectivity index (χ0n) is 11.1. The molecule has 0 aromatic carbocycles. The highest BCUT2D eigenvalue weighted by molar-refractivity contribution is 8.26. The Kier molecular flexibility index (Phi) is 9.54. The second-order valence-electron chi connectivity index (χ2n) is 5.06. The Hall–Kier alpha value is -0.430. The fourth-order valence-corrected chi connectivity index (χ4v) is 2.10. The summed E-state index contributed by atoms with van der Waals surface area (Å²) in [5, 5.41) is 8.77. The molecule has 0 bridgehead atoms. The monoisotopic (exact) mass is 298 g/mol. The number of rotatable bonds is 6. The van der Waals surface area contributed by atoms with Gasteiger partial charge in [-0.1, -0.05) is 0 Å². The molecule has 0 rings (SSSR count). The number of likely N-dealkylation sites (N-methyl/N-ethyl adjacent to an activating group) is 1. The molecule has 7 heteroatoms. The van der Waals surface area contributed by atoms with E-state index in [1.807, 2.05) is 21.1 Å². The molecule has 0 radical (unpaired) electrons. The van der Waals surface area contributed by atoms with Gasteiger partial charge in [-0.05, 0) is 18.7 Å². The number of hydrogen-bond donors (Lipinski definition) is 1. The van der Waals surface area contributed by atoms with E-state index in [1.165, 1.54) is 6.92 Å². The molecule has 0 aromatic rings. The fraction of sp³-hybridized carbons (Fsp3) is 0.727. The van der Waals surface area contributed by atoms with Crippen molar-refractivity contribution in [1.29, 1.82) is 0 Å². The molecular weight excluding hydrogens is 278 g/mol. The minimum absolute atomic E-state index is 0. The Labute approximate surface area is 118 Å². The molecule has 18 heavy (non-hydrogen) atoms. The van der Waals surface area contributed by atoms with Crippen LogP contribution >= 0.6 is 24.2 Å². The molecule has 0 fully saturated rings. The highest BCUT2D eigenvalue weighted by atomic mass is 35.5. The van der Waals surface area contributed by atoms with Gasteiger partial charge in [-0.15, -0.1) is 12.4 Å². The minimum Gasteiger partial charge on any atom is -0.387 e. The average Bonchev–Trinajstić information content (AvgIpc) is 1.95. The number of halogens is 1. The number of thioether (sulfide) groups is 1. The van der Waals surface area contributed by atoms with Crippen molar-refractivity contribution in [1.82, 2.24) is 0 Å². The Morgan fingerprint density at radius 3 is 2.06 bits per heavy atom. The third-order valence-corrected chi connectivity index (χ3v) is 2.55. The number of carbonyl (C=O) groups is 3. The van der Waals surface area contributed by atoms with Crippen LogP contribution in [-0.2, 0) is 14.4 Å². The summed E-state index contributed by atoms with van der Waals surface area (Å²) in [4.78, 5) is 33.2. The van der Waals surface area contributed by atoms with Gasteiger partial charge in [-0.25, -0.2) is 0 Å². The van der Waals surface area contributed by atoms with Crippen molar-refractivity contribution in [3.63, 3.8) is 0 Å². The highest BCUT2D eigenvalue weighted by Gasteiger charge is 2.21. The first-order chi connectivity index (χ1) is 7.60. The zero-order chi connectivity index (χ0) is 13.6. The van der Waals surface area contributed by atoms with Gasteiger partial charge in [0.25, 0.3) is 0 Å². The summed E-state index contributed by atoms with van der Waals surface area (Å²) in [6.07, 6.45) is -1.06. The average molecular weight is 299 g/mol. The molecule has 0 spiro atoms. The van der Waals surface area contributed by atoms with Crippen LogP contribution in [0.15, 0.2) is 0 Å². The molecular formula is C11H21ClNO4S+. The van der Waals surface area contributed by atoms with Crippen LogP contribution in [0.1, 0.15) is 19.8 Å². The smallest absolute Gasteiger partial charge is 0.203 e. The number of carbonyl (C=O) groups excluding carboxylic acids is 3. The lowest BCUT2D eigenvalue weighted by atomic mass is 10.2. The van der Waals surface area contributed by atoms with Crippen LogP contribution < -0.4 is 0 Å². The summed E-state index contributed by atoms with van der Waals surface area (Å²) in [6.45, 7) is 1.74. The van der Waals surface area contributed by atoms with Gasteiger partial charge in [-0.3, -0.25) is 14.4 Å². The summed E-state index contributed by atoms with van der Waals surface area (Å²) in [5.74, 6) is -0.262. The second kappa shape index (κ2) is 8.63. The third-order valence-electron chi connectivity index (χ3n) is 1.78. The van der Waals surface area contributed by atoms with Crippen LogP contribution in [-0.4, -0.2) is 59.4 Å². The Morgan fingerprint density at radius 2 is 1.67 bits per heavy atom. The number of ketones is 1. The largest absolute Gasteiger partial charge is 0.387 e. The summed E-state index contributed by atoms with van der Waals surface area (Å²) >= 11 is 0.517. The molecule has 1 atom stereocenters. The first-order valence-electron chi connectivity index (χ1n) is 5.31. The SMILES string of the molecule is CC(=O)CC(=O)SC(=O)CC(O)C[N+](C)(C)C.Cl. The minimum atomic E-state index is -0.764. The maximum atomic E-state index is 11.4. The van der Waals surface area contributed by atoms with E-state index in [4.69, 9.17) is 0 Å². The maximum Gasteiger partial charge on any atom is 0.203 e. The number of nitrogens with zero attached hydrogens (tertiary/aromatic N) is 1. The lowest BCUT2D eigenvalue weighted by Gasteiger charge is -2.26. The van der Waals surface area contributed by atoms with E-state index in [0.29, 0.717) is 22.8 Å². The molecule has 1 N–H and O–H groups in total. The Balaban J connectivity index is 0. The van der Waals surface area contributed by atoms with E-state index in [1.54, 1.807) is 0 Å². The lowest BCUT2D eigenvalue weighted by molar-refractivity contribution is -0.873. The molecule has 0 heterocycles. The molecule has 1 unspecified atom stereocenters. The van der Waals surface area contributed by atoms with E-state index < -0.39 is 16.3 Å². The van der Waals surface area contributed by atoms with E-state index >= 15 is 0 Å². The molecule has 0 aliphatic carbocycles. The van der Waals surface area contributed by atoms with Gasteiger partial charge in [0.05, 0.1) is 27.6 Å². The molecule has 0 saturated heterocycles. The first-order valence-corrected chi connectivity index (χ1v) is 6.13. The van der Waals surface area contributed by atoms with Crippen LogP contribution in [0.2, 0.25) is 0 Å². The van der Waals surface area contributed by atoms with E-state index in [0.717, 1.165) is 0 Å². The standard InChI is InChI=1S/C11H20NO4S.ClH/c1-8(13)5-10(15)17-11(16)6-9(14)7-12(2,3)4;/h9,14H,5-7H2,1-4H3;1H/q+1;. The summed E-state index contributed by atoms with van der Waals surface area (Å²) < 4.78 is 0.542. The summed E-state index contributed by atoms with van der Waals surface area (Å²) in [6, 6.07) is 0. The number of quaternary nitrogens is 1. The second-order valence-corrected chi connectivity index (χ2v) is 6.17. The fourth-order valence-electron chi connectivity index (χ4n) is 1.30. The van der Waals surface area contributed by atoms with Gasteiger partial charge in [0, 0.05) is 6.42 Å². The number of aliphatic hydroxyl groups excluding tert-OH is 1. The van der Waals surface area contributed by atoms with Crippen LogP contribution in [0.25, 0.3) is 0 Å². The quantitative estimate of drug-likeness (QED) is 0.575. The van der Waals surface area contributed by atoms with Crippen molar-refractivity contribution in [3.8, 4) is 0 Å². The zero-order valence-corrected chi connectivity index (χ0v) is 12.8. The Bertz CT molecular complexity index is 315. The van der Waals surface area contributed by atoms with Gasteiger partial charge in [-0.2, -0.15) is 0 Å². The molecule has 5 nitrogen and oxygen atoms in total. The number of aliphatic hydroxyl groups is 1. The van der Waals surface area contributed by atoms with Crippen LogP contribution in [0, 0.1) is 0 Å². The number of hydrogen-bond acceptors (Lipinski definition) is 5. The normalized spacial score (nSPS) is 12.5. The van der Waals surface area contributed by atoms with E-state index in [2.05, 4.69) is 0 Å². The third kappa shape index (κ3) is 12.0. The molecule has 0 aliphatic rings. The summed E-state index contributed by atoms with van der Waals surface area (Å²) in [7, 11) is 5.71. The van der Waals surface area contributed by atoms with Gasteiger partial charge >= 0.3 is 0 Å². The van der Waals surface area contributed by atoms with Crippen molar-refractivity contribution in [2.75, 3.05) is 27.7 Å². The van der Waals surface area contributed by atoms with Crippen molar-refractivity contribution >= 4 is 40.2 Å². The maximum absolute atomic E-state index is 11.4. The highest BCUT2D eigenvalue weighted by Crippen LogP contribution is 2.12. The van der Waals surface area contributed by atoms with Gasteiger partial charge in [0.1, 0.15) is 18.4 Å². The van der Waals surface area contributed by atoms with E-state index in [9.17, 15) is 19.5 Å². The topological polar surface area (TPSA) is 71.4 Å². The van der Waals surface area contributed by atoms with Crippen molar-refractivity contribution < 1.29 is 24.0 Å². The molecule has 0 aromatic heterocycles. The van der Waals surface area contributed by atoms with Gasteiger partial charge in [0.15, 0.2) is 5.12 Å².